The second kappa shape index (κ2) is 7.34. The molecule has 0 spiro atoms. The highest BCUT2D eigenvalue weighted by atomic mass is 16.2. The molecule has 1 unspecified atom stereocenters. The van der Waals surface area contributed by atoms with Crippen molar-refractivity contribution in [3.63, 3.8) is 0 Å². The molecule has 1 aliphatic rings. The van der Waals surface area contributed by atoms with Crippen molar-refractivity contribution < 1.29 is 0 Å². The van der Waals surface area contributed by atoms with Gasteiger partial charge in [0.15, 0.2) is 11.2 Å². The monoisotopic (exact) mass is 374 g/mol. The first-order valence-electron chi connectivity index (χ1n) is 9.58. The van der Waals surface area contributed by atoms with Gasteiger partial charge in [-0.2, -0.15) is 4.98 Å². The van der Waals surface area contributed by atoms with Crippen LogP contribution in [0.4, 0.5) is 5.95 Å². The largest absolute Gasteiger partial charge is 0.341 e. The van der Waals surface area contributed by atoms with Crippen LogP contribution in [-0.4, -0.2) is 37.8 Å². The number of allylic oxidation sites excluding steroid dienone is 2. The van der Waals surface area contributed by atoms with Crippen molar-refractivity contribution in [1.82, 2.24) is 18.7 Å². The Labute approximate surface area is 158 Å². The summed E-state index contributed by atoms with van der Waals surface area (Å²) in [6.07, 6.45) is 4.05. The smallest absolute Gasteiger partial charge is 0.332 e. The molecule has 0 aromatic carbocycles. The Hall–Kier alpha value is -2.35. The Kier molecular flexibility index (Phi) is 5.28. The van der Waals surface area contributed by atoms with Gasteiger partial charge in [-0.3, -0.25) is 13.9 Å². The highest BCUT2D eigenvalue weighted by Gasteiger charge is 2.26. The van der Waals surface area contributed by atoms with Crippen LogP contribution in [0.15, 0.2) is 21.2 Å². The summed E-state index contributed by atoms with van der Waals surface area (Å²) >= 11 is 0. The third kappa shape index (κ3) is 3.45. The van der Waals surface area contributed by atoms with E-state index in [1.54, 1.807) is 7.05 Å². The Morgan fingerprint density at radius 2 is 2.04 bits per heavy atom. The molecule has 2 aromatic rings. The van der Waals surface area contributed by atoms with Crippen LogP contribution in [0, 0.1) is 0 Å². The molecular formula is C19H30N6O2. The van der Waals surface area contributed by atoms with Crippen LogP contribution >= 0.6 is 0 Å². The van der Waals surface area contributed by atoms with Gasteiger partial charge < -0.3 is 15.2 Å². The molecule has 3 rings (SSSR count). The van der Waals surface area contributed by atoms with E-state index in [0.717, 1.165) is 25.0 Å². The van der Waals surface area contributed by atoms with Gasteiger partial charge in [0.2, 0.25) is 5.95 Å². The summed E-state index contributed by atoms with van der Waals surface area (Å²) in [5.74, 6) is 0.714. The highest BCUT2D eigenvalue weighted by Crippen LogP contribution is 2.23. The summed E-state index contributed by atoms with van der Waals surface area (Å²) in [5.41, 5.74) is 7.60. The lowest BCUT2D eigenvalue weighted by Crippen LogP contribution is -2.44. The number of imidazole rings is 1. The number of aromatic nitrogens is 4. The maximum atomic E-state index is 13.2. The number of rotatable bonds is 4. The minimum absolute atomic E-state index is 0.0895. The molecular weight excluding hydrogens is 344 g/mol. The van der Waals surface area contributed by atoms with Crippen LogP contribution in [0.3, 0.4) is 0 Å². The van der Waals surface area contributed by atoms with E-state index in [9.17, 15) is 9.59 Å². The zero-order chi connectivity index (χ0) is 19.9. The van der Waals surface area contributed by atoms with Gasteiger partial charge in [-0.05, 0) is 40.5 Å². The molecule has 0 saturated carbocycles. The molecule has 2 N–H and O–H groups in total. The molecule has 8 nitrogen and oxygen atoms in total. The van der Waals surface area contributed by atoms with Crippen molar-refractivity contribution in [1.29, 1.82) is 0 Å². The van der Waals surface area contributed by atoms with Crippen LogP contribution in [-0.2, 0) is 13.6 Å². The van der Waals surface area contributed by atoms with Crippen molar-refractivity contribution in [3.8, 4) is 0 Å². The SMILES string of the molecule is CC(C)=CCn1c(N2CCCC(N)C2)nc2c1c(=O)n(C(C)C)c(=O)n2C. The normalized spacial score (nSPS) is 17.7. The zero-order valence-electron chi connectivity index (χ0n) is 16.9. The minimum Gasteiger partial charge on any atom is -0.341 e. The van der Waals surface area contributed by atoms with E-state index in [1.165, 1.54) is 9.13 Å². The number of aryl methyl sites for hydroxylation is 1. The predicted octanol–water partition coefficient (Wildman–Crippen LogP) is 1.37. The quantitative estimate of drug-likeness (QED) is 0.816. The molecule has 8 heteroatoms. The van der Waals surface area contributed by atoms with Gasteiger partial charge >= 0.3 is 5.69 Å². The van der Waals surface area contributed by atoms with Gasteiger partial charge in [-0.1, -0.05) is 11.6 Å². The fourth-order valence-corrected chi connectivity index (χ4v) is 3.66. The number of fused-ring (bicyclic) bond motifs is 1. The summed E-state index contributed by atoms with van der Waals surface area (Å²) in [6.45, 7) is 9.82. The maximum absolute atomic E-state index is 13.2. The van der Waals surface area contributed by atoms with Crippen molar-refractivity contribution in [2.24, 2.45) is 12.8 Å². The van der Waals surface area contributed by atoms with E-state index >= 15 is 0 Å². The van der Waals surface area contributed by atoms with E-state index in [1.807, 2.05) is 32.3 Å². The summed E-state index contributed by atoms with van der Waals surface area (Å²) < 4.78 is 4.71. The van der Waals surface area contributed by atoms with Crippen molar-refractivity contribution in [2.75, 3.05) is 18.0 Å². The lowest BCUT2D eigenvalue weighted by molar-refractivity contribution is 0.495. The second-order valence-corrected chi connectivity index (χ2v) is 7.93. The van der Waals surface area contributed by atoms with E-state index in [4.69, 9.17) is 10.7 Å². The molecule has 1 atom stereocenters. The van der Waals surface area contributed by atoms with Gasteiger partial charge in [-0.15, -0.1) is 0 Å². The summed E-state index contributed by atoms with van der Waals surface area (Å²) in [6, 6.07) is -0.133. The first-order chi connectivity index (χ1) is 12.7. The van der Waals surface area contributed by atoms with E-state index in [0.29, 0.717) is 30.2 Å². The number of nitrogens with zero attached hydrogens (tertiary/aromatic N) is 5. The van der Waals surface area contributed by atoms with Crippen molar-refractivity contribution in [3.05, 3.63) is 32.5 Å². The van der Waals surface area contributed by atoms with Gasteiger partial charge in [0.05, 0.1) is 0 Å². The molecule has 148 valence electrons. The van der Waals surface area contributed by atoms with Gasteiger partial charge in [0.25, 0.3) is 5.56 Å². The average Bonchev–Trinajstić information content (AvgIpc) is 2.97. The first kappa shape index (κ1) is 19.4. The molecule has 3 heterocycles. The molecule has 27 heavy (non-hydrogen) atoms. The number of anilines is 1. The molecule has 1 aliphatic heterocycles. The molecule has 0 bridgehead atoms. The zero-order valence-corrected chi connectivity index (χ0v) is 16.9. The average molecular weight is 374 g/mol. The first-order valence-corrected chi connectivity index (χ1v) is 9.58. The standard InChI is InChI=1S/C19H30N6O2/c1-12(2)8-10-24-15-16(21-18(24)23-9-6-7-14(20)11-23)22(5)19(27)25(13(3)4)17(15)26/h8,13-14H,6-7,9-11,20H2,1-5H3. The number of hydrogen-bond donors (Lipinski definition) is 1. The van der Waals surface area contributed by atoms with Crippen LogP contribution in [0.25, 0.3) is 11.2 Å². The Morgan fingerprint density at radius 3 is 2.63 bits per heavy atom. The van der Waals surface area contributed by atoms with Crippen LogP contribution in [0.2, 0.25) is 0 Å². The number of hydrogen-bond acceptors (Lipinski definition) is 5. The third-order valence-electron chi connectivity index (χ3n) is 5.10. The fraction of sp³-hybridized carbons (Fsp3) is 0.632. The van der Waals surface area contributed by atoms with Gasteiger partial charge in [0.1, 0.15) is 0 Å². The number of piperidine rings is 1. The predicted molar refractivity (Wildman–Crippen MR) is 108 cm³/mol. The lowest BCUT2D eigenvalue weighted by Gasteiger charge is -2.31. The molecule has 0 amide bonds. The van der Waals surface area contributed by atoms with Crippen molar-refractivity contribution in [2.45, 2.75) is 59.2 Å². The third-order valence-corrected chi connectivity index (χ3v) is 5.10. The molecule has 1 saturated heterocycles. The Morgan fingerprint density at radius 1 is 1.33 bits per heavy atom. The van der Waals surface area contributed by atoms with E-state index < -0.39 is 0 Å². The van der Waals surface area contributed by atoms with Crippen LogP contribution < -0.4 is 21.9 Å². The maximum Gasteiger partial charge on any atom is 0.332 e. The lowest BCUT2D eigenvalue weighted by atomic mass is 10.1. The Balaban J connectivity index is 2.32. The summed E-state index contributed by atoms with van der Waals surface area (Å²) in [5, 5.41) is 0. The summed E-state index contributed by atoms with van der Waals surface area (Å²) in [7, 11) is 1.67. The van der Waals surface area contributed by atoms with E-state index in [-0.39, 0.29) is 23.3 Å². The molecule has 0 radical (unpaired) electrons. The second-order valence-electron chi connectivity index (χ2n) is 7.93. The van der Waals surface area contributed by atoms with Gasteiger partial charge in [-0.25, -0.2) is 4.79 Å². The van der Waals surface area contributed by atoms with Crippen LogP contribution in [0.5, 0.6) is 0 Å². The van der Waals surface area contributed by atoms with Crippen molar-refractivity contribution >= 4 is 17.1 Å². The highest BCUT2D eigenvalue weighted by molar-refractivity contribution is 5.74. The number of nitrogens with two attached hydrogens (primary N) is 1. The van der Waals surface area contributed by atoms with Gasteiger partial charge in [0, 0.05) is 38.8 Å². The Bertz CT molecular complexity index is 990. The molecule has 0 aliphatic carbocycles. The molecule has 1 fully saturated rings. The molecule has 2 aromatic heterocycles. The van der Waals surface area contributed by atoms with E-state index in [2.05, 4.69) is 11.0 Å². The topological polar surface area (TPSA) is 91.1 Å². The fourth-order valence-electron chi connectivity index (χ4n) is 3.66. The minimum atomic E-state index is -0.337. The summed E-state index contributed by atoms with van der Waals surface area (Å²) in [4.78, 5) is 32.7. The van der Waals surface area contributed by atoms with Crippen LogP contribution in [0.1, 0.15) is 46.6 Å².